The highest BCUT2D eigenvalue weighted by Gasteiger charge is 2.22. The van der Waals surface area contributed by atoms with Crippen LogP contribution in [0.3, 0.4) is 0 Å². The van der Waals surface area contributed by atoms with Crippen LogP contribution in [0.2, 0.25) is 0 Å². The van der Waals surface area contributed by atoms with Crippen molar-refractivity contribution in [1.29, 1.82) is 0 Å². The largest absolute Gasteiger partial charge is 0.490 e. The first-order valence-corrected chi connectivity index (χ1v) is 17.5. The van der Waals surface area contributed by atoms with Crippen LogP contribution < -0.4 is 18.9 Å². The highest BCUT2D eigenvalue weighted by Crippen LogP contribution is 2.40. The Labute approximate surface area is 268 Å². The number of carbonyl (C=O) groups is 1. The zero-order valence-corrected chi connectivity index (χ0v) is 29.0. The van der Waals surface area contributed by atoms with Gasteiger partial charge in [-0.25, -0.2) is 0 Å². The lowest BCUT2D eigenvalue weighted by Crippen LogP contribution is -2.20. The second-order valence-corrected chi connectivity index (χ2v) is 11.8. The van der Waals surface area contributed by atoms with Crippen molar-refractivity contribution in [2.75, 3.05) is 0 Å². The molecular formula is C39H60O5. The Morgan fingerprint density at radius 1 is 0.614 bits per heavy atom. The van der Waals surface area contributed by atoms with Crippen LogP contribution in [-0.4, -0.2) is 30.2 Å². The number of ketones is 1. The molecule has 2 rings (SSSR count). The summed E-state index contributed by atoms with van der Waals surface area (Å²) in [5.41, 5.74) is 1.35. The normalized spacial score (nSPS) is 14.2. The van der Waals surface area contributed by atoms with E-state index in [9.17, 15) is 4.79 Å². The molecule has 0 amide bonds. The van der Waals surface area contributed by atoms with E-state index >= 15 is 0 Å². The smallest absolute Gasteiger partial charge is 0.189 e. The first kappa shape index (κ1) is 37.2. The van der Waals surface area contributed by atoms with E-state index in [0.29, 0.717) is 22.8 Å². The molecule has 4 unspecified atom stereocenters. The molecule has 2 aromatic rings. The standard InChI is InChI=1S/C39H60O5/c1-9-19-30(13-5)41-34-27-29(25-26-36(40)35-23-17-18-24-37(35)42-31(14-6)20-10-2)39(44-33(16-8)22-12-4)38(28-34)43-32(15-7)21-11-3/h17-18,23-28,30-33H,9-16,19-22H2,1-8H3. The maximum absolute atomic E-state index is 13.7. The van der Waals surface area contributed by atoms with Crippen LogP contribution in [0.1, 0.15) is 148 Å². The van der Waals surface area contributed by atoms with Crippen molar-refractivity contribution in [3.63, 3.8) is 0 Å². The minimum absolute atomic E-state index is 0.0466. The van der Waals surface area contributed by atoms with Crippen LogP contribution in [0.15, 0.2) is 42.5 Å². The van der Waals surface area contributed by atoms with E-state index in [-0.39, 0.29) is 30.2 Å². The molecular weight excluding hydrogens is 548 g/mol. The van der Waals surface area contributed by atoms with Gasteiger partial charge in [0.2, 0.25) is 0 Å². The Kier molecular flexibility index (Phi) is 17.7. The summed E-state index contributed by atoms with van der Waals surface area (Å²) in [6.07, 6.45) is 15.4. The molecule has 0 fully saturated rings. The number of benzene rings is 2. The summed E-state index contributed by atoms with van der Waals surface area (Å²) in [7, 11) is 0. The quantitative estimate of drug-likeness (QED) is 0.0928. The van der Waals surface area contributed by atoms with Gasteiger partial charge in [-0.05, 0) is 81.7 Å². The Morgan fingerprint density at radius 3 is 1.61 bits per heavy atom. The molecule has 0 aliphatic carbocycles. The van der Waals surface area contributed by atoms with Crippen LogP contribution in [0.4, 0.5) is 0 Å². The number of allylic oxidation sites excluding steroid dienone is 1. The Morgan fingerprint density at radius 2 is 1.09 bits per heavy atom. The summed E-state index contributed by atoms with van der Waals surface area (Å²) < 4.78 is 26.2. The van der Waals surface area contributed by atoms with Crippen molar-refractivity contribution in [2.24, 2.45) is 0 Å². The van der Waals surface area contributed by atoms with Gasteiger partial charge in [-0.3, -0.25) is 4.79 Å². The first-order chi connectivity index (χ1) is 21.4. The van der Waals surface area contributed by atoms with Crippen LogP contribution in [0.25, 0.3) is 6.08 Å². The van der Waals surface area contributed by atoms with Crippen molar-refractivity contribution >= 4 is 11.9 Å². The second-order valence-electron chi connectivity index (χ2n) is 11.8. The van der Waals surface area contributed by atoms with Gasteiger partial charge in [-0.2, -0.15) is 0 Å². The van der Waals surface area contributed by atoms with E-state index in [4.69, 9.17) is 18.9 Å². The molecule has 0 bridgehead atoms. The first-order valence-electron chi connectivity index (χ1n) is 17.5. The van der Waals surface area contributed by atoms with E-state index in [1.807, 2.05) is 42.5 Å². The topological polar surface area (TPSA) is 54.0 Å². The van der Waals surface area contributed by atoms with Gasteiger partial charge < -0.3 is 18.9 Å². The molecule has 44 heavy (non-hydrogen) atoms. The SMILES string of the molecule is CCCC(CC)Oc1cc(C=CC(=O)c2ccccc2OC(CC)CCC)c(OC(CC)CCC)c(OC(CC)CCC)c1. The van der Waals surface area contributed by atoms with Gasteiger partial charge in [-0.15, -0.1) is 0 Å². The predicted molar refractivity (Wildman–Crippen MR) is 185 cm³/mol. The van der Waals surface area contributed by atoms with Gasteiger partial charge in [-0.1, -0.05) is 93.2 Å². The molecule has 0 aliphatic rings. The average molecular weight is 609 g/mol. The minimum atomic E-state index is -0.109. The third-order valence-electron chi connectivity index (χ3n) is 8.06. The van der Waals surface area contributed by atoms with Gasteiger partial charge >= 0.3 is 0 Å². The fraction of sp³-hybridized carbons (Fsp3) is 0.615. The third kappa shape index (κ3) is 11.9. The Hall–Kier alpha value is -2.95. The summed E-state index contributed by atoms with van der Waals surface area (Å²) in [5, 5.41) is 0. The zero-order valence-electron chi connectivity index (χ0n) is 29.0. The van der Waals surface area contributed by atoms with Gasteiger partial charge in [0.05, 0.1) is 30.0 Å². The van der Waals surface area contributed by atoms with Crippen LogP contribution >= 0.6 is 0 Å². The highest BCUT2D eigenvalue weighted by molar-refractivity contribution is 6.08. The molecule has 246 valence electrons. The molecule has 0 saturated carbocycles. The molecule has 5 nitrogen and oxygen atoms in total. The van der Waals surface area contributed by atoms with Crippen molar-refractivity contribution < 1.29 is 23.7 Å². The van der Waals surface area contributed by atoms with Gasteiger partial charge in [0.1, 0.15) is 11.5 Å². The number of hydrogen-bond donors (Lipinski definition) is 0. The number of rotatable bonds is 23. The van der Waals surface area contributed by atoms with Crippen molar-refractivity contribution in [1.82, 2.24) is 0 Å². The number of para-hydroxylation sites is 1. The Balaban J connectivity index is 2.63. The fourth-order valence-corrected chi connectivity index (χ4v) is 5.42. The number of hydrogen-bond acceptors (Lipinski definition) is 5. The van der Waals surface area contributed by atoms with Gasteiger partial charge in [0.25, 0.3) is 0 Å². The van der Waals surface area contributed by atoms with Crippen LogP contribution in [0, 0.1) is 0 Å². The number of ether oxygens (including phenoxy) is 4. The minimum Gasteiger partial charge on any atom is -0.490 e. The van der Waals surface area contributed by atoms with Crippen molar-refractivity contribution in [3.05, 3.63) is 53.6 Å². The lowest BCUT2D eigenvalue weighted by Gasteiger charge is -2.26. The van der Waals surface area contributed by atoms with E-state index in [2.05, 4.69) is 55.4 Å². The van der Waals surface area contributed by atoms with Gasteiger partial charge in [0.15, 0.2) is 17.3 Å². The summed E-state index contributed by atoms with van der Waals surface area (Å²) in [4.78, 5) is 13.7. The second kappa shape index (κ2) is 20.9. The summed E-state index contributed by atoms with van der Waals surface area (Å²) in [6, 6.07) is 11.5. The highest BCUT2D eigenvalue weighted by atomic mass is 16.5. The molecule has 0 spiro atoms. The van der Waals surface area contributed by atoms with Crippen molar-refractivity contribution in [3.8, 4) is 23.0 Å². The average Bonchev–Trinajstić information content (AvgIpc) is 3.03. The Bertz CT molecular complexity index is 1120. The van der Waals surface area contributed by atoms with Crippen LogP contribution in [0.5, 0.6) is 23.0 Å². The molecule has 0 aromatic heterocycles. The zero-order chi connectivity index (χ0) is 32.3. The lowest BCUT2D eigenvalue weighted by atomic mass is 10.1. The fourth-order valence-electron chi connectivity index (χ4n) is 5.42. The van der Waals surface area contributed by atoms with E-state index < -0.39 is 0 Å². The monoisotopic (exact) mass is 608 g/mol. The van der Waals surface area contributed by atoms with Crippen molar-refractivity contribution in [2.45, 2.75) is 157 Å². The van der Waals surface area contributed by atoms with Gasteiger partial charge in [0, 0.05) is 11.6 Å². The molecule has 0 radical (unpaired) electrons. The predicted octanol–water partition coefficient (Wildman–Crippen LogP) is 11.4. The molecule has 0 heterocycles. The summed E-state index contributed by atoms with van der Waals surface area (Å²) >= 11 is 0. The molecule has 0 saturated heterocycles. The summed E-state index contributed by atoms with van der Waals surface area (Å²) in [6.45, 7) is 17.3. The maximum atomic E-state index is 13.7. The number of carbonyl (C=O) groups excluding carboxylic acids is 1. The lowest BCUT2D eigenvalue weighted by molar-refractivity contribution is 0.103. The van der Waals surface area contributed by atoms with E-state index in [0.717, 1.165) is 88.4 Å². The van der Waals surface area contributed by atoms with E-state index in [1.165, 1.54) is 0 Å². The molecule has 0 N–H and O–H groups in total. The summed E-state index contributed by atoms with van der Waals surface area (Å²) in [5.74, 6) is 2.62. The molecule has 0 aliphatic heterocycles. The third-order valence-corrected chi connectivity index (χ3v) is 8.06. The maximum Gasteiger partial charge on any atom is 0.189 e. The molecule has 4 atom stereocenters. The van der Waals surface area contributed by atoms with E-state index in [1.54, 1.807) is 6.08 Å². The molecule has 5 heteroatoms. The molecule has 2 aromatic carbocycles. The van der Waals surface area contributed by atoms with Crippen LogP contribution in [-0.2, 0) is 0 Å².